The van der Waals surface area contributed by atoms with Crippen LogP contribution in [-0.2, 0) is 25.7 Å². The third-order valence-corrected chi connectivity index (χ3v) is 14.2. The Morgan fingerprint density at radius 1 is 0.204 bits per heavy atom. The van der Waals surface area contributed by atoms with E-state index in [0.29, 0.717) is 0 Å². The Bertz CT molecular complexity index is 2780. The van der Waals surface area contributed by atoms with E-state index in [0.717, 1.165) is 34.5 Å². The summed E-state index contributed by atoms with van der Waals surface area (Å²) in [5.41, 5.74) is 7.45. The van der Waals surface area contributed by atoms with E-state index in [1.165, 1.54) is 74.2 Å². The van der Waals surface area contributed by atoms with Gasteiger partial charge in [-0.2, -0.15) is 0 Å². The fourth-order valence-corrected chi connectivity index (χ4v) is 8.81. The first-order valence-corrected chi connectivity index (χ1v) is 31.8. The molecule has 93 heavy (non-hydrogen) atoms. The van der Waals surface area contributed by atoms with Crippen molar-refractivity contribution in [2.75, 3.05) is 71.1 Å². The Kier molecular flexibility index (Phi) is 43.8. The maximum absolute atomic E-state index is 5.20. The summed E-state index contributed by atoms with van der Waals surface area (Å²) in [6.07, 6.45) is 3.75. The Morgan fingerprint density at radius 2 is 0.301 bits per heavy atom. The summed E-state index contributed by atoms with van der Waals surface area (Å²) in [5.74, 6) is 5.30. The Morgan fingerprint density at radius 3 is 0.387 bits per heavy atom. The predicted octanol–water partition coefficient (Wildman–Crippen LogP) is 23.2. The molecule has 8 nitrogen and oxygen atoms in total. The van der Waals surface area contributed by atoms with Gasteiger partial charge in [-0.15, -0.1) is 0 Å². The number of benzene rings is 10. The molecule has 0 heterocycles. The van der Waals surface area contributed by atoms with Gasteiger partial charge in [-0.3, -0.25) is 0 Å². The molecule has 8 heteroatoms. The Hall–Kier alpha value is -8.56. The normalized spacial score (nSPS) is 9.96. The summed E-state index contributed by atoms with van der Waals surface area (Å²) in [7, 11) is 16.6. The molecule has 0 aliphatic rings. The molecule has 504 valence electrons. The van der Waals surface area contributed by atoms with E-state index in [2.05, 4.69) is 262 Å². The summed E-state index contributed by atoms with van der Waals surface area (Å²) >= 11 is 0. The summed E-state index contributed by atoms with van der Waals surface area (Å²) in [6.45, 7) is 26.1. The van der Waals surface area contributed by atoms with E-state index in [1.807, 2.05) is 72.8 Å². The lowest BCUT2D eigenvalue weighted by molar-refractivity contribution is 0.277. The van der Waals surface area contributed by atoms with E-state index in [1.54, 1.807) is 71.1 Å². The molecule has 0 unspecified atom stereocenters. The van der Waals surface area contributed by atoms with Crippen molar-refractivity contribution in [1.82, 2.24) is 0 Å². The van der Waals surface area contributed by atoms with Crippen molar-refractivity contribution >= 4 is 21.5 Å². The number of ether oxygens (including phenoxy) is 8. The topological polar surface area (TPSA) is 73.8 Å². The van der Waals surface area contributed by atoms with Crippen molar-refractivity contribution in [1.29, 1.82) is 0 Å². The highest BCUT2D eigenvalue weighted by atomic mass is 16.5. The second-order valence-corrected chi connectivity index (χ2v) is 22.9. The van der Waals surface area contributed by atoms with Gasteiger partial charge >= 0.3 is 0 Å². The van der Waals surface area contributed by atoms with Crippen LogP contribution in [0.3, 0.4) is 0 Å². The molecule has 0 atom stereocenters. The minimum absolute atomic E-state index is 0. The van der Waals surface area contributed by atoms with Crippen LogP contribution in [0.5, 0.6) is 34.5 Å². The molecule has 0 aliphatic heterocycles. The molecule has 10 aromatic rings. The summed E-state index contributed by atoms with van der Waals surface area (Å²) in [5, 5.41) is 5.24. The number of hydrogen-bond donors (Lipinski definition) is 0. The Balaban J connectivity index is 0.00000109. The smallest absolute Gasteiger partial charge is 0.118 e. The highest BCUT2D eigenvalue weighted by Crippen LogP contribution is 2.36. The van der Waals surface area contributed by atoms with Crippen LogP contribution in [0.1, 0.15) is 143 Å². The average Bonchev–Trinajstić information content (AvgIpc) is 0.915. The lowest BCUT2D eigenvalue weighted by Gasteiger charge is -2.26. The molecule has 0 N–H and O–H groups in total. The van der Waals surface area contributed by atoms with Crippen LogP contribution < -0.4 is 28.4 Å². The lowest BCUT2D eigenvalue weighted by Crippen LogP contribution is -2.18. The number of fused-ring (bicyclic) bond motifs is 2. The molecule has 0 amide bonds. The minimum atomic E-state index is -0.0431. The molecule has 0 spiro atoms. The van der Waals surface area contributed by atoms with Gasteiger partial charge in [0, 0.05) is 44.7 Å². The van der Waals surface area contributed by atoms with Crippen molar-refractivity contribution in [2.24, 2.45) is 0 Å². The molecule has 0 aliphatic carbocycles. The highest BCUT2D eigenvalue weighted by molar-refractivity contribution is 5.82. The monoisotopic (exact) mass is 1260 g/mol. The van der Waals surface area contributed by atoms with E-state index >= 15 is 0 Å². The average molecular weight is 1270 g/mol. The molecule has 10 rings (SSSR count). The summed E-state index contributed by atoms with van der Waals surface area (Å²) in [4.78, 5) is 0. The van der Waals surface area contributed by atoms with Crippen LogP contribution in [-0.4, -0.2) is 71.1 Å². The van der Waals surface area contributed by atoms with E-state index in [9.17, 15) is 0 Å². The van der Waals surface area contributed by atoms with E-state index < -0.39 is 0 Å². The number of methoxy groups -OCH3 is 8. The summed E-state index contributed by atoms with van der Waals surface area (Å²) in [6, 6.07) is 82.8. The van der Waals surface area contributed by atoms with Gasteiger partial charge in [-0.1, -0.05) is 280 Å². The maximum Gasteiger partial charge on any atom is 0.118 e. The number of hydrogen-bond acceptors (Lipinski definition) is 8. The molecule has 0 saturated heterocycles. The van der Waals surface area contributed by atoms with Crippen LogP contribution in [0.4, 0.5) is 0 Å². The second kappa shape index (κ2) is 48.2. The van der Waals surface area contributed by atoms with Gasteiger partial charge < -0.3 is 37.9 Å². The fourth-order valence-electron chi connectivity index (χ4n) is 8.81. The lowest BCUT2D eigenvalue weighted by atomic mass is 9.78. The van der Waals surface area contributed by atoms with Crippen molar-refractivity contribution in [3.63, 3.8) is 0 Å². The quantitative estimate of drug-likeness (QED) is 0.120. The van der Waals surface area contributed by atoms with Gasteiger partial charge in [-0.25, -0.2) is 0 Å². The molecule has 0 bridgehead atoms. The van der Waals surface area contributed by atoms with Gasteiger partial charge in [0.05, 0.1) is 42.7 Å². The van der Waals surface area contributed by atoms with Gasteiger partial charge in [-0.05, 0) is 128 Å². The first-order chi connectivity index (χ1) is 44.2. The minimum Gasteiger partial charge on any atom is -0.497 e. The van der Waals surface area contributed by atoms with Crippen LogP contribution in [0.15, 0.2) is 243 Å². The molecule has 10 aromatic carbocycles. The molecular weight excluding hydrogens is 1150 g/mol. The van der Waals surface area contributed by atoms with Crippen molar-refractivity contribution in [2.45, 2.75) is 126 Å². The van der Waals surface area contributed by atoms with Crippen LogP contribution >= 0.6 is 0 Å². The van der Waals surface area contributed by atoms with Crippen molar-refractivity contribution in [3.8, 4) is 34.5 Å². The highest BCUT2D eigenvalue weighted by Gasteiger charge is 2.25. The van der Waals surface area contributed by atoms with Crippen LogP contribution in [0, 0.1) is 0 Å². The third-order valence-electron chi connectivity index (χ3n) is 14.2. The Labute approximate surface area is 564 Å². The van der Waals surface area contributed by atoms with Gasteiger partial charge in [0.25, 0.3) is 0 Å². The van der Waals surface area contributed by atoms with Gasteiger partial charge in [0.1, 0.15) is 34.5 Å². The molecule has 0 aromatic heterocycles. The van der Waals surface area contributed by atoms with E-state index in [4.69, 9.17) is 28.4 Å². The number of rotatable bonds is 12. The summed E-state index contributed by atoms with van der Waals surface area (Å²) < 4.78 is 39.7. The largest absolute Gasteiger partial charge is 0.497 e. The second-order valence-electron chi connectivity index (χ2n) is 22.9. The first-order valence-electron chi connectivity index (χ1n) is 31.8. The fraction of sp³-hybridized carbons (Fsp3) is 0.341. The SMILES string of the molecule is C.CCC.CCC.CCC.COC.COC.COc1ccc(C(C)(C)c2ccc(OC)cc2)cc1.COc1ccc(C(C)(C)c2ccc(OC)cc2)cc1.COc1ccc(C(C)(C)c2ccc(OC)cc2)cc1.c1ccc2ccccc2c1.c1ccc2ccccc2c1. The molecule has 0 fully saturated rings. The third kappa shape index (κ3) is 30.2. The first kappa shape index (κ1) is 84.4. The van der Waals surface area contributed by atoms with Crippen LogP contribution in [0.2, 0.25) is 0 Å². The van der Waals surface area contributed by atoms with E-state index in [-0.39, 0.29) is 23.7 Å². The van der Waals surface area contributed by atoms with Gasteiger partial charge in [0.2, 0.25) is 0 Å². The maximum atomic E-state index is 5.20. The van der Waals surface area contributed by atoms with Crippen molar-refractivity contribution < 1.29 is 37.9 Å². The zero-order chi connectivity index (χ0) is 68.8. The molecule has 0 saturated carbocycles. The zero-order valence-corrected chi connectivity index (χ0v) is 60.0. The van der Waals surface area contributed by atoms with Crippen molar-refractivity contribution in [3.05, 3.63) is 276 Å². The zero-order valence-electron chi connectivity index (χ0n) is 60.0. The molecule has 0 radical (unpaired) electrons. The molecular formula is C85H116O8. The standard InChI is InChI=1S/3C17H20O2.2C10H8.3C3H8.2C2H6O.CH4/c3*1-17(2,13-5-9-15(18-3)10-6-13)14-7-11-16(19-4)12-8-14;2*1-2-6-10-8-4-3-7-9(10)5-1;5*1-3-2;/h3*5-12H,1-4H3;2*1-8H;3*3H2,1-2H3;2*1-2H3;1H4. The predicted molar refractivity (Wildman–Crippen MR) is 403 cm³/mol. The van der Waals surface area contributed by atoms with Gasteiger partial charge in [0.15, 0.2) is 0 Å². The van der Waals surface area contributed by atoms with Crippen LogP contribution in [0.25, 0.3) is 21.5 Å².